The number of pyridine rings is 1. The zero-order valence-corrected chi connectivity index (χ0v) is 17.5. The Hall–Kier alpha value is -2.48. The second-order valence-electron chi connectivity index (χ2n) is 6.58. The van der Waals surface area contributed by atoms with Crippen molar-refractivity contribution in [2.24, 2.45) is 5.73 Å². The molecular weight excluding hydrogens is 438 g/mol. The first-order valence-corrected chi connectivity index (χ1v) is 11.0. The van der Waals surface area contributed by atoms with E-state index < -0.39 is 9.84 Å². The monoisotopic (exact) mass is 455 g/mol. The first-order valence-electron chi connectivity index (χ1n) is 8.68. The van der Waals surface area contributed by atoms with Crippen LogP contribution in [-0.4, -0.2) is 18.4 Å². The number of hydrogen-bond donors (Lipinski definition) is 2. The molecule has 0 saturated carbocycles. The number of benzene rings is 2. The molecule has 0 aliphatic rings. The maximum absolute atomic E-state index is 13.5. The Morgan fingerprint density at radius 2 is 1.75 bits per heavy atom. The fourth-order valence-corrected chi connectivity index (χ4v) is 5.64. The van der Waals surface area contributed by atoms with Crippen molar-refractivity contribution in [3.63, 3.8) is 0 Å². The van der Waals surface area contributed by atoms with Gasteiger partial charge in [-0.3, -0.25) is 0 Å². The second kappa shape index (κ2) is 7.16. The summed E-state index contributed by atoms with van der Waals surface area (Å²) in [4.78, 5) is 7.91. The average Bonchev–Trinajstić information content (AvgIpc) is 3.12. The fourth-order valence-electron chi connectivity index (χ4n) is 3.19. The van der Waals surface area contributed by atoms with Crippen molar-refractivity contribution in [3.05, 3.63) is 76.5 Å². The van der Waals surface area contributed by atoms with E-state index in [0.29, 0.717) is 22.1 Å². The van der Waals surface area contributed by atoms with E-state index in [1.165, 1.54) is 6.20 Å². The minimum absolute atomic E-state index is 0.209. The van der Waals surface area contributed by atoms with Crippen LogP contribution in [0.2, 0.25) is 0 Å². The van der Waals surface area contributed by atoms with Gasteiger partial charge in [-0.15, -0.1) is 0 Å². The van der Waals surface area contributed by atoms with Crippen LogP contribution < -0.4 is 5.73 Å². The number of nitrogens with two attached hydrogens (primary N) is 1. The number of halogens is 1. The summed E-state index contributed by atoms with van der Waals surface area (Å²) in [5.74, 6) is 0. The summed E-state index contributed by atoms with van der Waals surface area (Å²) < 4.78 is 27.4. The number of aromatic nitrogens is 2. The van der Waals surface area contributed by atoms with E-state index in [1.807, 2.05) is 31.2 Å². The van der Waals surface area contributed by atoms with Gasteiger partial charge in [0.2, 0.25) is 9.84 Å². The van der Waals surface area contributed by atoms with Crippen LogP contribution in [0.25, 0.3) is 22.2 Å². The summed E-state index contributed by atoms with van der Waals surface area (Å²) in [7, 11) is -3.75. The molecule has 2 aromatic heterocycles. The minimum Gasteiger partial charge on any atom is -0.345 e. The Labute approximate surface area is 171 Å². The number of H-pyrrole nitrogens is 1. The Bertz CT molecular complexity index is 1260. The molecule has 142 valence electrons. The molecule has 3 N–H and O–H groups in total. The zero-order valence-electron chi connectivity index (χ0n) is 15.1. The van der Waals surface area contributed by atoms with Crippen molar-refractivity contribution < 1.29 is 8.42 Å². The van der Waals surface area contributed by atoms with Gasteiger partial charge in [-0.2, -0.15) is 0 Å². The predicted molar refractivity (Wildman–Crippen MR) is 114 cm³/mol. The highest BCUT2D eigenvalue weighted by atomic mass is 79.9. The molecule has 5 nitrogen and oxygen atoms in total. The first kappa shape index (κ1) is 18.9. The summed E-state index contributed by atoms with van der Waals surface area (Å²) >= 11 is 3.41. The number of hydrogen-bond acceptors (Lipinski definition) is 4. The molecule has 0 atom stereocenters. The lowest BCUT2D eigenvalue weighted by Gasteiger charge is -2.11. The third kappa shape index (κ3) is 3.15. The molecule has 4 aromatic rings. The van der Waals surface area contributed by atoms with Crippen LogP contribution in [0.5, 0.6) is 0 Å². The topological polar surface area (TPSA) is 88.8 Å². The molecule has 2 heterocycles. The predicted octanol–water partition coefficient (Wildman–Crippen LogP) is 4.59. The first-order chi connectivity index (χ1) is 13.4. The van der Waals surface area contributed by atoms with Crippen LogP contribution in [0.15, 0.2) is 75.2 Å². The van der Waals surface area contributed by atoms with E-state index in [9.17, 15) is 8.42 Å². The quantitative estimate of drug-likeness (QED) is 0.470. The van der Waals surface area contributed by atoms with Gasteiger partial charge in [0.15, 0.2) is 0 Å². The van der Waals surface area contributed by atoms with Crippen LogP contribution in [0.4, 0.5) is 0 Å². The van der Waals surface area contributed by atoms with E-state index in [-0.39, 0.29) is 9.79 Å². The van der Waals surface area contributed by atoms with Gasteiger partial charge in [0.25, 0.3) is 0 Å². The van der Waals surface area contributed by atoms with Crippen molar-refractivity contribution >= 4 is 36.8 Å². The number of rotatable bonds is 4. The van der Waals surface area contributed by atoms with Crippen LogP contribution in [-0.2, 0) is 16.4 Å². The van der Waals surface area contributed by atoms with Gasteiger partial charge in [-0.1, -0.05) is 42.0 Å². The van der Waals surface area contributed by atoms with Gasteiger partial charge >= 0.3 is 0 Å². The molecule has 4 rings (SSSR count). The van der Waals surface area contributed by atoms with E-state index >= 15 is 0 Å². The number of sulfone groups is 1. The lowest BCUT2D eigenvalue weighted by Crippen LogP contribution is -2.05. The number of aromatic amines is 1. The number of fused-ring (bicyclic) bond motifs is 1. The van der Waals surface area contributed by atoms with Gasteiger partial charge in [-0.25, -0.2) is 13.4 Å². The molecule has 0 saturated heterocycles. The van der Waals surface area contributed by atoms with E-state index in [0.717, 1.165) is 22.3 Å². The van der Waals surface area contributed by atoms with Gasteiger partial charge in [0.1, 0.15) is 5.65 Å². The normalized spacial score (nSPS) is 11.8. The molecule has 0 amide bonds. The van der Waals surface area contributed by atoms with Crippen LogP contribution in [0, 0.1) is 6.92 Å². The molecule has 0 fully saturated rings. The van der Waals surface area contributed by atoms with E-state index in [4.69, 9.17) is 5.73 Å². The number of nitrogens with zero attached hydrogens (tertiary/aromatic N) is 1. The smallest absolute Gasteiger partial charge is 0.208 e. The Balaban J connectivity index is 1.99. The van der Waals surface area contributed by atoms with Crippen molar-refractivity contribution in [2.75, 3.05) is 0 Å². The summed E-state index contributed by atoms with van der Waals surface area (Å²) in [6, 6.07) is 14.6. The molecule has 28 heavy (non-hydrogen) atoms. The SMILES string of the molecule is Cc1ccc(S(=O)(=O)c2c(Br)cnc3[nH]cc(-c4ccc(CN)cc4)c23)cc1. The minimum atomic E-state index is -3.75. The second-order valence-corrected chi connectivity index (χ2v) is 9.32. The molecule has 0 spiro atoms. The highest BCUT2D eigenvalue weighted by molar-refractivity contribution is 9.10. The molecule has 0 radical (unpaired) electrons. The third-order valence-electron chi connectivity index (χ3n) is 4.71. The number of aryl methyl sites for hydroxylation is 1. The summed E-state index contributed by atoms with van der Waals surface area (Å²) in [5, 5.41) is 0.565. The van der Waals surface area contributed by atoms with Gasteiger partial charge in [0.05, 0.1) is 14.3 Å². The van der Waals surface area contributed by atoms with Crippen molar-refractivity contribution in [2.45, 2.75) is 23.3 Å². The van der Waals surface area contributed by atoms with Crippen LogP contribution in [0.1, 0.15) is 11.1 Å². The van der Waals surface area contributed by atoms with Crippen molar-refractivity contribution in [1.29, 1.82) is 0 Å². The highest BCUT2D eigenvalue weighted by Crippen LogP contribution is 2.39. The van der Waals surface area contributed by atoms with E-state index in [1.54, 1.807) is 30.5 Å². The lowest BCUT2D eigenvalue weighted by molar-refractivity contribution is 0.596. The Morgan fingerprint density at radius 3 is 2.39 bits per heavy atom. The van der Waals surface area contributed by atoms with Crippen LogP contribution >= 0.6 is 15.9 Å². The third-order valence-corrected chi connectivity index (χ3v) is 7.43. The number of nitrogens with one attached hydrogen (secondary N) is 1. The van der Waals surface area contributed by atoms with Gasteiger partial charge < -0.3 is 10.7 Å². The van der Waals surface area contributed by atoms with Crippen molar-refractivity contribution in [3.8, 4) is 11.1 Å². The highest BCUT2D eigenvalue weighted by Gasteiger charge is 2.26. The molecular formula is C21H18BrN3O2S. The summed E-state index contributed by atoms with van der Waals surface area (Å²) in [5.41, 5.74) is 9.88. The standard InChI is InChI=1S/C21H18BrN3O2S/c1-13-2-8-16(9-3-13)28(26,27)20-18(22)12-25-21-19(20)17(11-24-21)15-6-4-14(10-23)5-7-15/h2-9,11-12H,10,23H2,1H3,(H,24,25). The van der Waals surface area contributed by atoms with Crippen LogP contribution in [0.3, 0.4) is 0 Å². The summed E-state index contributed by atoms with van der Waals surface area (Å²) in [6.45, 7) is 2.38. The average molecular weight is 456 g/mol. The maximum Gasteiger partial charge on any atom is 0.208 e. The summed E-state index contributed by atoms with van der Waals surface area (Å²) in [6.07, 6.45) is 3.30. The molecule has 0 aliphatic heterocycles. The largest absolute Gasteiger partial charge is 0.345 e. The molecule has 2 aromatic carbocycles. The van der Waals surface area contributed by atoms with Gasteiger partial charge in [-0.05, 0) is 46.1 Å². The zero-order chi connectivity index (χ0) is 19.9. The Kier molecular flexibility index (Phi) is 4.82. The molecule has 0 bridgehead atoms. The molecule has 0 aliphatic carbocycles. The fraction of sp³-hybridized carbons (Fsp3) is 0.0952. The van der Waals surface area contributed by atoms with E-state index in [2.05, 4.69) is 25.9 Å². The Morgan fingerprint density at radius 1 is 1.07 bits per heavy atom. The lowest BCUT2D eigenvalue weighted by atomic mass is 10.0. The molecule has 7 heteroatoms. The molecule has 0 unspecified atom stereocenters. The van der Waals surface area contributed by atoms with Crippen molar-refractivity contribution in [1.82, 2.24) is 9.97 Å². The maximum atomic E-state index is 13.5. The van der Waals surface area contributed by atoms with Gasteiger partial charge in [0, 0.05) is 29.9 Å².